The second-order valence-corrected chi connectivity index (χ2v) is 9.89. The number of unbranched alkanes of at least 4 members (excludes halogenated alkanes) is 1. The third-order valence-electron chi connectivity index (χ3n) is 8.38. The van der Waals surface area contributed by atoms with Crippen molar-refractivity contribution < 1.29 is 24.9 Å². The van der Waals surface area contributed by atoms with Crippen LogP contribution in [0.15, 0.2) is 11.6 Å². The second-order valence-electron chi connectivity index (χ2n) is 9.89. The van der Waals surface area contributed by atoms with E-state index >= 15 is 0 Å². The number of rotatable bonds is 10. The topological polar surface area (TPSA) is 87.0 Å². The summed E-state index contributed by atoms with van der Waals surface area (Å²) in [6.07, 6.45) is 13.5. The monoisotopic (exact) mass is 422 g/mol. The Kier molecular flexibility index (Phi) is 8.39. The zero-order valence-electron chi connectivity index (χ0n) is 18.9. The maximum absolute atomic E-state index is 10.9. The summed E-state index contributed by atoms with van der Waals surface area (Å²) in [5.74, 6) is 0.533. The Bertz CT molecular complexity index is 596. The molecule has 3 N–H and O–H groups in total. The van der Waals surface area contributed by atoms with Gasteiger partial charge < -0.3 is 20.1 Å². The highest BCUT2D eigenvalue weighted by atomic mass is 16.5. The molecule has 3 rings (SSSR count). The van der Waals surface area contributed by atoms with E-state index in [1.165, 1.54) is 24.8 Å². The zero-order chi connectivity index (χ0) is 21.7. The average Bonchev–Trinajstić information content (AvgIpc) is 2.74. The number of aliphatic hydroxyl groups excluding tert-OH is 2. The van der Waals surface area contributed by atoms with Gasteiger partial charge in [-0.2, -0.15) is 0 Å². The number of fused-ring (bicyclic) bond motifs is 1. The van der Waals surface area contributed by atoms with Gasteiger partial charge in [0.05, 0.1) is 17.8 Å². The SMILES string of the molecule is CCC1C(=CCCCC(=O)O)[C@@]2(OC)CC[C@@H](O)[C@H](CCC(O)C3CCCCC3)[C@@H]12. The Morgan fingerprint density at radius 1 is 1.27 bits per heavy atom. The highest BCUT2D eigenvalue weighted by molar-refractivity contribution is 5.66. The number of aliphatic carboxylic acids is 1. The molecule has 0 radical (unpaired) electrons. The molecule has 0 heterocycles. The smallest absolute Gasteiger partial charge is 0.303 e. The van der Waals surface area contributed by atoms with Crippen molar-refractivity contribution in [3.05, 3.63) is 11.6 Å². The fourth-order valence-electron chi connectivity index (χ4n) is 6.85. The van der Waals surface area contributed by atoms with Crippen molar-refractivity contribution in [3.63, 3.8) is 0 Å². The van der Waals surface area contributed by atoms with Gasteiger partial charge in [0, 0.05) is 19.4 Å². The fourth-order valence-corrected chi connectivity index (χ4v) is 6.85. The Labute approximate surface area is 181 Å². The molecule has 30 heavy (non-hydrogen) atoms. The fraction of sp³-hybridized carbons (Fsp3) is 0.880. The van der Waals surface area contributed by atoms with Gasteiger partial charge in [0.1, 0.15) is 0 Å². The predicted molar refractivity (Wildman–Crippen MR) is 117 cm³/mol. The molecule has 0 aromatic carbocycles. The van der Waals surface area contributed by atoms with Crippen molar-refractivity contribution >= 4 is 5.97 Å². The van der Waals surface area contributed by atoms with E-state index in [1.807, 2.05) is 0 Å². The normalized spacial score (nSPS) is 36.9. The molecule has 0 spiro atoms. The van der Waals surface area contributed by atoms with Gasteiger partial charge in [-0.3, -0.25) is 4.79 Å². The quantitative estimate of drug-likeness (QED) is 0.351. The number of carbonyl (C=O) groups is 1. The van der Waals surface area contributed by atoms with Crippen molar-refractivity contribution in [2.75, 3.05) is 7.11 Å². The summed E-state index contributed by atoms with van der Waals surface area (Å²) in [4.78, 5) is 10.8. The van der Waals surface area contributed by atoms with Gasteiger partial charge >= 0.3 is 5.97 Å². The van der Waals surface area contributed by atoms with Gasteiger partial charge in [0.15, 0.2) is 0 Å². The first-order chi connectivity index (χ1) is 14.4. The van der Waals surface area contributed by atoms with Crippen molar-refractivity contribution in [3.8, 4) is 0 Å². The number of methoxy groups -OCH3 is 1. The van der Waals surface area contributed by atoms with Crippen LogP contribution in [0, 0.1) is 23.7 Å². The first kappa shape index (κ1) is 23.7. The lowest BCUT2D eigenvalue weighted by atomic mass is 9.46. The largest absolute Gasteiger partial charge is 0.481 e. The molecular weight excluding hydrogens is 380 g/mol. The number of carboxylic acid groups (broad SMARTS) is 1. The minimum absolute atomic E-state index is 0.165. The minimum atomic E-state index is -0.745. The number of hydrogen-bond donors (Lipinski definition) is 3. The molecule has 3 saturated carbocycles. The Morgan fingerprint density at radius 3 is 2.63 bits per heavy atom. The lowest BCUT2D eigenvalue weighted by molar-refractivity contribution is -0.182. The molecule has 0 bridgehead atoms. The number of aliphatic hydroxyl groups is 2. The van der Waals surface area contributed by atoms with Crippen LogP contribution in [0.2, 0.25) is 0 Å². The zero-order valence-corrected chi connectivity index (χ0v) is 18.9. The second kappa shape index (κ2) is 10.6. The van der Waals surface area contributed by atoms with Crippen LogP contribution in [0.25, 0.3) is 0 Å². The first-order valence-corrected chi connectivity index (χ1v) is 12.3. The van der Waals surface area contributed by atoms with Crippen LogP contribution in [0.5, 0.6) is 0 Å². The number of carboxylic acids is 1. The van der Waals surface area contributed by atoms with Crippen molar-refractivity contribution in [1.29, 1.82) is 0 Å². The summed E-state index contributed by atoms with van der Waals surface area (Å²) in [7, 11) is 1.79. The Morgan fingerprint density at radius 2 is 2.00 bits per heavy atom. The lowest BCUT2D eigenvalue weighted by Gasteiger charge is -2.63. The Balaban J connectivity index is 1.67. The summed E-state index contributed by atoms with van der Waals surface area (Å²) in [5.41, 5.74) is 1.02. The molecule has 2 unspecified atom stereocenters. The minimum Gasteiger partial charge on any atom is -0.481 e. The van der Waals surface area contributed by atoms with Crippen molar-refractivity contribution in [1.82, 2.24) is 0 Å². The average molecular weight is 423 g/mol. The molecule has 6 atom stereocenters. The van der Waals surface area contributed by atoms with Gasteiger partial charge in [-0.15, -0.1) is 0 Å². The Hall–Kier alpha value is -0.910. The van der Waals surface area contributed by atoms with Gasteiger partial charge in [0.25, 0.3) is 0 Å². The summed E-state index contributed by atoms with van der Waals surface area (Å²) in [6, 6.07) is 0. The van der Waals surface area contributed by atoms with Crippen LogP contribution < -0.4 is 0 Å². The van der Waals surface area contributed by atoms with Gasteiger partial charge in [-0.05, 0) is 81.1 Å². The van der Waals surface area contributed by atoms with Crippen molar-refractivity contribution in [2.45, 2.75) is 108 Å². The highest BCUT2D eigenvalue weighted by Gasteiger charge is 2.63. The molecule has 172 valence electrons. The molecular formula is C25H42O5. The van der Waals surface area contributed by atoms with E-state index in [-0.39, 0.29) is 30.1 Å². The van der Waals surface area contributed by atoms with Crippen LogP contribution >= 0.6 is 0 Å². The molecule has 3 aliphatic carbocycles. The van der Waals surface area contributed by atoms with Crippen LogP contribution in [0.3, 0.4) is 0 Å². The standard InChI is InChI=1S/C25H42O5/c1-3-18-20(11-7-8-12-23(28)29)25(30-2)16-15-22(27)19(24(18)25)13-14-21(26)17-9-5-4-6-10-17/h11,17-19,21-22,24,26-27H,3-10,12-16H2,1-2H3,(H,28,29)/t18?,19-,21?,22+,24+,25-/m0/s1. The third kappa shape index (κ3) is 4.78. The van der Waals surface area contributed by atoms with Crippen LogP contribution in [0.1, 0.15) is 90.4 Å². The van der Waals surface area contributed by atoms with E-state index in [1.54, 1.807) is 7.11 Å². The summed E-state index contributed by atoms with van der Waals surface area (Å²) in [5, 5.41) is 30.6. The predicted octanol–water partition coefficient (Wildman–Crippen LogP) is 4.70. The molecule has 5 nitrogen and oxygen atoms in total. The molecule has 3 fully saturated rings. The summed E-state index contributed by atoms with van der Waals surface area (Å²) < 4.78 is 6.14. The van der Waals surface area contributed by atoms with E-state index in [2.05, 4.69) is 13.0 Å². The number of allylic oxidation sites excluding steroid dienone is 1. The maximum atomic E-state index is 10.9. The first-order valence-electron chi connectivity index (χ1n) is 12.3. The van der Waals surface area contributed by atoms with Crippen LogP contribution in [-0.4, -0.2) is 46.2 Å². The van der Waals surface area contributed by atoms with Gasteiger partial charge in [-0.1, -0.05) is 32.3 Å². The summed E-state index contributed by atoms with van der Waals surface area (Å²) >= 11 is 0. The van der Waals surface area contributed by atoms with E-state index < -0.39 is 5.97 Å². The van der Waals surface area contributed by atoms with E-state index in [0.29, 0.717) is 24.2 Å². The molecule has 0 saturated heterocycles. The molecule has 0 amide bonds. The van der Waals surface area contributed by atoms with E-state index in [0.717, 1.165) is 51.4 Å². The molecule has 3 aliphatic rings. The van der Waals surface area contributed by atoms with Crippen LogP contribution in [0.4, 0.5) is 0 Å². The number of ether oxygens (including phenoxy) is 1. The summed E-state index contributed by atoms with van der Waals surface area (Å²) in [6.45, 7) is 2.20. The van der Waals surface area contributed by atoms with Gasteiger partial charge in [-0.25, -0.2) is 0 Å². The molecule has 0 aliphatic heterocycles. The highest BCUT2D eigenvalue weighted by Crippen LogP contribution is 2.62. The van der Waals surface area contributed by atoms with Crippen molar-refractivity contribution in [2.24, 2.45) is 23.7 Å². The van der Waals surface area contributed by atoms with Crippen LogP contribution in [-0.2, 0) is 9.53 Å². The maximum Gasteiger partial charge on any atom is 0.303 e. The lowest BCUT2D eigenvalue weighted by Crippen LogP contribution is -2.65. The van der Waals surface area contributed by atoms with Gasteiger partial charge in [0.2, 0.25) is 0 Å². The van der Waals surface area contributed by atoms with E-state index in [4.69, 9.17) is 9.84 Å². The third-order valence-corrected chi connectivity index (χ3v) is 8.38. The number of hydrogen-bond acceptors (Lipinski definition) is 4. The molecule has 0 aromatic rings. The molecule has 0 aromatic heterocycles. The van der Waals surface area contributed by atoms with E-state index in [9.17, 15) is 15.0 Å². The molecule has 5 heteroatoms.